The van der Waals surface area contributed by atoms with E-state index in [1.807, 2.05) is 19.1 Å². The Morgan fingerprint density at radius 3 is 2.79 bits per heavy atom. The maximum absolute atomic E-state index is 13.6. The summed E-state index contributed by atoms with van der Waals surface area (Å²) in [5.74, 6) is 0.156. The number of benzene rings is 1. The van der Waals surface area contributed by atoms with Crippen LogP contribution in [0.25, 0.3) is 11.0 Å². The number of halogens is 1. The van der Waals surface area contributed by atoms with Crippen molar-refractivity contribution in [3.63, 3.8) is 0 Å². The van der Waals surface area contributed by atoms with Crippen LogP contribution in [0.5, 0.6) is 0 Å². The van der Waals surface area contributed by atoms with Crippen molar-refractivity contribution in [3.8, 4) is 0 Å². The first kappa shape index (κ1) is 11.9. The van der Waals surface area contributed by atoms with E-state index in [4.69, 9.17) is 10.2 Å². The Morgan fingerprint density at radius 2 is 2.11 bits per heavy atom. The van der Waals surface area contributed by atoms with Crippen LogP contribution in [0, 0.1) is 12.7 Å². The zero-order valence-corrected chi connectivity index (χ0v) is 10.4. The zero-order chi connectivity index (χ0) is 13.4. The Morgan fingerprint density at radius 1 is 1.26 bits per heavy atom. The molecule has 1 atom stereocenters. The highest BCUT2D eigenvalue weighted by molar-refractivity contribution is 5.78. The molecule has 0 fully saturated rings. The highest BCUT2D eigenvalue weighted by Gasteiger charge is 2.16. The van der Waals surface area contributed by atoms with Crippen LogP contribution in [-0.4, -0.2) is 4.98 Å². The van der Waals surface area contributed by atoms with E-state index in [0.717, 1.165) is 11.3 Å². The average Bonchev–Trinajstić information content (AvgIpc) is 2.84. The lowest BCUT2D eigenvalue weighted by Crippen LogP contribution is -2.11. The molecule has 1 unspecified atom stereocenters. The molecule has 0 aliphatic rings. The number of hydrogen-bond donors (Lipinski definition) is 1. The fraction of sp³-hybridized carbons (Fsp3) is 0.133. The molecule has 0 bridgehead atoms. The van der Waals surface area contributed by atoms with Gasteiger partial charge in [-0.25, -0.2) is 4.39 Å². The van der Waals surface area contributed by atoms with Crippen LogP contribution < -0.4 is 5.73 Å². The van der Waals surface area contributed by atoms with E-state index >= 15 is 0 Å². The van der Waals surface area contributed by atoms with Gasteiger partial charge < -0.3 is 10.2 Å². The third-order valence-corrected chi connectivity index (χ3v) is 3.11. The summed E-state index contributed by atoms with van der Waals surface area (Å²) >= 11 is 0. The Kier molecular flexibility index (Phi) is 2.80. The van der Waals surface area contributed by atoms with Gasteiger partial charge in [0.15, 0.2) is 11.4 Å². The summed E-state index contributed by atoms with van der Waals surface area (Å²) in [4.78, 5) is 4.20. The van der Waals surface area contributed by atoms with Gasteiger partial charge in [0.25, 0.3) is 0 Å². The lowest BCUT2D eigenvalue weighted by atomic mass is 10.1. The molecule has 3 nitrogen and oxygen atoms in total. The van der Waals surface area contributed by atoms with E-state index in [2.05, 4.69) is 4.98 Å². The van der Waals surface area contributed by atoms with E-state index < -0.39 is 6.04 Å². The Labute approximate surface area is 109 Å². The Hall–Kier alpha value is -2.20. The smallest absolute Gasteiger partial charge is 0.169 e. The number of aromatic nitrogens is 1. The number of aryl methyl sites for hydroxylation is 1. The van der Waals surface area contributed by atoms with Gasteiger partial charge in [-0.15, -0.1) is 0 Å². The Balaban J connectivity index is 2.04. The fourth-order valence-electron chi connectivity index (χ4n) is 2.03. The van der Waals surface area contributed by atoms with Crippen molar-refractivity contribution in [2.24, 2.45) is 5.73 Å². The second-order valence-corrected chi connectivity index (χ2v) is 4.52. The molecule has 3 rings (SSSR count). The molecule has 0 saturated carbocycles. The van der Waals surface area contributed by atoms with Gasteiger partial charge in [-0.1, -0.05) is 18.2 Å². The average molecular weight is 256 g/mol. The largest absolute Gasteiger partial charge is 0.456 e. The lowest BCUT2D eigenvalue weighted by Gasteiger charge is -2.08. The van der Waals surface area contributed by atoms with Crippen LogP contribution in [0.2, 0.25) is 0 Å². The summed E-state index contributed by atoms with van der Waals surface area (Å²) in [5, 5.41) is 0.713. The van der Waals surface area contributed by atoms with Gasteiger partial charge in [-0.2, -0.15) is 0 Å². The van der Waals surface area contributed by atoms with Crippen molar-refractivity contribution < 1.29 is 8.81 Å². The van der Waals surface area contributed by atoms with Crippen LogP contribution >= 0.6 is 0 Å². The first-order valence-electron chi connectivity index (χ1n) is 6.01. The molecule has 0 saturated heterocycles. The summed E-state index contributed by atoms with van der Waals surface area (Å²) in [6.07, 6.45) is 1.71. The maximum Gasteiger partial charge on any atom is 0.169 e. The zero-order valence-electron chi connectivity index (χ0n) is 10.4. The number of fused-ring (bicyclic) bond motifs is 1. The molecule has 19 heavy (non-hydrogen) atoms. The summed E-state index contributed by atoms with van der Waals surface area (Å²) in [6, 6.07) is 9.92. The molecule has 2 heterocycles. The minimum absolute atomic E-state index is 0.244. The van der Waals surface area contributed by atoms with Gasteiger partial charge >= 0.3 is 0 Å². The van der Waals surface area contributed by atoms with Crippen molar-refractivity contribution in [1.29, 1.82) is 0 Å². The van der Waals surface area contributed by atoms with E-state index in [0.29, 0.717) is 11.1 Å². The molecule has 96 valence electrons. The van der Waals surface area contributed by atoms with Gasteiger partial charge in [-0.3, -0.25) is 4.98 Å². The third-order valence-electron chi connectivity index (χ3n) is 3.11. The molecular formula is C15H13FN2O. The number of hydrogen-bond acceptors (Lipinski definition) is 3. The number of furan rings is 1. The van der Waals surface area contributed by atoms with Crippen LogP contribution in [0.1, 0.15) is 23.1 Å². The molecule has 0 aliphatic carbocycles. The predicted molar refractivity (Wildman–Crippen MR) is 71.2 cm³/mol. The molecule has 0 radical (unpaired) electrons. The molecule has 0 aliphatic heterocycles. The second kappa shape index (κ2) is 4.48. The minimum Gasteiger partial charge on any atom is -0.456 e. The van der Waals surface area contributed by atoms with Crippen LogP contribution in [0.4, 0.5) is 4.39 Å². The number of nitrogens with zero attached hydrogens (tertiary/aromatic N) is 1. The molecule has 1 aromatic carbocycles. The van der Waals surface area contributed by atoms with Crippen LogP contribution in [-0.2, 0) is 0 Å². The summed E-state index contributed by atoms with van der Waals surface area (Å²) < 4.78 is 19.1. The van der Waals surface area contributed by atoms with Crippen LogP contribution in [0.15, 0.2) is 47.0 Å². The van der Waals surface area contributed by atoms with Gasteiger partial charge in [-0.05, 0) is 30.7 Å². The van der Waals surface area contributed by atoms with E-state index in [-0.39, 0.29) is 11.4 Å². The van der Waals surface area contributed by atoms with E-state index in [1.54, 1.807) is 24.4 Å². The molecule has 0 amide bonds. The van der Waals surface area contributed by atoms with Crippen molar-refractivity contribution >= 4 is 11.0 Å². The molecular weight excluding hydrogens is 243 g/mol. The highest BCUT2D eigenvalue weighted by atomic mass is 19.1. The monoisotopic (exact) mass is 256 g/mol. The van der Waals surface area contributed by atoms with Gasteiger partial charge in [0.2, 0.25) is 0 Å². The Bertz CT molecular complexity index is 719. The first-order valence-corrected chi connectivity index (χ1v) is 6.01. The molecule has 0 spiro atoms. The normalized spacial score (nSPS) is 12.8. The first-order chi connectivity index (χ1) is 9.15. The fourth-order valence-corrected chi connectivity index (χ4v) is 2.03. The number of rotatable bonds is 2. The number of pyridine rings is 1. The van der Waals surface area contributed by atoms with E-state index in [9.17, 15) is 4.39 Å². The third kappa shape index (κ3) is 2.11. The molecule has 2 aromatic heterocycles. The summed E-state index contributed by atoms with van der Waals surface area (Å²) in [6.45, 7) is 1.91. The maximum atomic E-state index is 13.6. The number of para-hydroxylation sites is 1. The second-order valence-electron chi connectivity index (χ2n) is 4.52. The SMILES string of the molecule is Cc1ccc(C(N)c2cc3cccc(F)c3o2)cn1. The van der Waals surface area contributed by atoms with Crippen molar-refractivity contribution in [3.05, 3.63) is 65.4 Å². The molecule has 3 aromatic rings. The predicted octanol–water partition coefficient (Wildman–Crippen LogP) is 3.32. The van der Waals surface area contributed by atoms with Gasteiger partial charge in [0.05, 0.1) is 6.04 Å². The van der Waals surface area contributed by atoms with Crippen LogP contribution in [0.3, 0.4) is 0 Å². The van der Waals surface area contributed by atoms with Crippen molar-refractivity contribution in [2.45, 2.75) is 13.0 Å². The lowest BCUT2D eigenvalue weighted by molar-refractivity contribution is 0.502. The molecule has 4 heteroatoms. The van der Waals surface area contributed by atoms with E-state index in [1.165, 1.54) is 6.07 Å². The van der Waals surface area contributed by atoms with Gasteiger partial charge in [0, 0.05) is 17.3 Å². The quantitative estimate of drug-likeness (QED) is 0.765. The topological polar surface area (TPSA) is 52.0 Å². The van der Waals surface area contributed by atoms with Gasteiger partial charge in [0.1, 0.15) is 5.76 Å². The van der Waals surface area contributed by atoms with Crippen molar-refractivity contribution in [1.82, 2.24) is 4.98 Å². The summed E-state index contributed by atoms with van der Waals surface area (Å²) in [5.41, 5.74) is 8.13. The standard InChI is InChI=1S/C15H13FN2O/c1-9-5-6-11(8-18-9)14(17)13-7-10-3-2-4-12(16)15(10)19-13/h2-8,14H,17H2,1H3. The summed E-state index contributed by atoms with van der Waals surface area (Å²) in [7, 11) is 0. The molecule has 2 N–H and O–H groups in total. The number of nitrogens with two attached hydrogens (primary N) is 1. The highest BCUT2D eigenvalue weighted by Crippen LogP contribution is 2.27. The van der Waals surface area contributed by atoms with Crippen molar-refractivity contribution in [2.75, 3.05) is 0 Å². The minimum atomic E-state index is -0.445.